The molecule has 1 aliphatic carbocycles. The van der Waals surface area contributed by atoms with Crippen LogP contribution in [0.2, 0.25) is 0 Å². The number of benzene rings is 1. The third-order valence-electron chi connectivity index (χ3n) is 3.18. The SMILES string of the molecule is COC(=O)c1ccc(NC(C)C2CC2)c(N)c1. The summed E-state index contributed by atoms with van der Waals surface area (Å²) in [5.41, 5.74) is 7.86. The number of nitrogens with two attached hydrogens (primary N) is 1. The van der Waals surface area contributed by atoms with E-state index in [1.54, 1.807) is 12.1 Å². The normalized spacial score (nSPS) is 16.4. The first kappa shape index (κ1) is 11.8. The molecular formula is C13H18N2O2. The Morgan fingerprint density at radius 1 is 1.53 bits per heavy atom. The van der Waals surface area contributed by atoms with Gasteiger partial charge in [0.2, 0.25) is 0 Å². The maximum atomic E-state index is 11.3. The molecule has 4 heteroatoms. The van der Waals surface area contributed by atoms with Gasteiger partial charge >= 0.3 is 5.97 Å². The lowest BCUT2D eigenvalue weighted by Crippen LogP contribution is -2.18. The number of hydrogen-bond acceptors (Lipinski definition) is 4. The minimum absolute atomic E-state index is 0.363. The van der Waals surface area contributed by atoms with Crippen LogP contribution in [-0.4, -0.2) is 19.1 Å². The fourth-order valence-electron chi connectivity index (χ4n) is 1.90. The average Bonchev–Trinajstić information content (AvgIpc) is 3.14. The Morgan fingerprint density at radius 2 is 2.24 bits per heavy atom. The predicted molar refractivity (Wildman–Crippen MR) is 68.0 cm³/mol. The third kappa shape index (κ3) is 2.70. The number of ether oxygens (including phenoxy) is 1. The molecule has 0 bridgehead atoms. The molecule has 0 radical (unpaired) electrons. The Hall–Kier alpha value is -1.71. The average molecular weight is 234 g/mol. The molecule has 0 aliphatic heterocycles. The highest BCUT2D eigenvalue weighted by molar-refractivity contribution is 5.91. The van der Waals surface area contributed by atoms with Gasteiger partial charge in [-0.2, -0.15) is 0 Å². The third-order valence-corrected chi connectivity index (χ3v) is 3.18. The lowest BCUT2D eigenvalue weighted by Gasteiger charge is -2.16. The minimum Gasteiger partial charge on any atom is -0.465 e. The number of rotatable bonds is 4. The summed E-state index contributed by atoms with van der Waals surface area (Å²) in [6.45, 7) is 2.16. The van der Waals surface area contributed by atoms with Crippen molar-refractivity contribution in [3.05, 3.63) is 23.8 Å². The van der Waals surface area contributed by atoms with Gasteiger partial charge in [0.25, 0.3) is 0 Å². The van der Waals surface area contributed by atoms with Gasteiger partial charge < -0.3 is 15.8 Å². The van der Waals surface area contributed by atoms with Crippen LogP contribution >= 0.6 is 0 Å². The van der Waals surface area contributed by atoms with E-state index in [1.807, 2.05) is 6.07 Å². The molecule has 1 aromatic rings. The standard InChI is InChI=1S/C13H18N2O2/c1-8(9-3-4-9)15-12-6-5-10(7-11(12)14)13(16)17-2/h5-9,15H,3-4,14H2,1-2H3. The minimum atomic E-state index is -0.363. The van der Waals surface area contributed by atoms with Crippen LogP contribution < -0.4 is 11.1 Å². The number of nitrogens with one attached hydrogen (secondary N) is 1. The summed E-state index contributed by atoms with van der Waals surface area (Å²) in [6, 6.07) is 5.64. The van der Waals surface area contributed by atoms with E-state index in [1.165, 1.54) is 20.0 Å². The lowest BCUT2D eigenvalue weighted by atomic mass is 10.1. The molecule has 0 aromatic heterocycles. The van der Waals surface area contributed by atoms with E-state index < -0.39 is 0 Å². The highest BCUT2D eigenvalue weighted by Crippen LogP contribution is 2.34. The van der Waals surface area contributed by atoms with Gasteiger partial charge in [0.05, 0.1) is 24.0 Å². The zero-order valence-corrected chi connectivity index (χ0v) is 10.2. The molecule has 17 heavy (non-hydrogen) atoms. The molecular weight excluding hydrogens is 216 g/mol. The summed E-state index contributed by atoms with van der Waals surface area (Å²) < 4.78 is 4.65. The molecule has 1 fully saturated rings. The molecule has 0 spiro atoms. The van der Waals surface area contributed by atoms with Gasteiger partial charge in [0.1, 0.15) is 0 Å². The number of carbonyl (C=O) groups is 1. The molecule has 1 aliphatic rings. The van der Waals surface area contributed by atoms with Crippen LogP contribution in [0.25, 0.3) is 0 Å². The van der Waals surface area contributed by atoms with Crippen LogP contribution in [0.1, 0.15) is 30.1 Å². The van der Waals surface area contributed by atoms with E-state index in [2.05, 4.69) is 17.0 Å². The first-order valence-corrected chi connectivity index (χ1v) is 5.86. The second-order valence-corrected chi connectivity index (χ2v) is 4.56. The predicted octanol–water partition coefficient (Wildman–Crippen LogP) is 2.27. The van der Waals surface area contributed by atoms with Crippen molar-refractivity contribution in [3.8, 4) is 0 Å². The van der Waals surface area contributed by atoms with E-state index in [9.17, 15) is 4.79 Å². The number of hydrogen-bond donors (Lipinski definition) is 2. The van der Waals surface area contributed by atoms with Crippen LogP contribution in [-0.2, 0) is 4.74 Å². The van der Waals surface area contributed by atoms with Gasteiger partial charge in [-0.05, 0) is 43.9 Å². The number of esters is 1. The Kier molecular flexibility index (Phi) is 3.22. The van der Waals surface area contributed by atoms with Crippen LogP contribution in [0.4, 0.5) is 11.4 Å². The molecule has 1 saturated carbocycles. The van der Waals surface area contributed by atoms with Crippen LogP contribution in [0.3, 0.4) is 0 Å². The molecule has 4 nitrogen and oxygen atoms in total. The van der Waals surface area contributed by atoms with Crippen molar-refractivity contribution < 1.29 is 9.53 Å². The number of anilines is 2. The van der Waals surface area contributed by atoms with E-state index in [0.29, 0.717) is 17.3 Å². The Balaban J connectivity index is 2.10. The summed E-state index contributed by atoms with van der Waals surface area (Å²) in [4.78, 5) is 11.3. The van der Waals surface area contributed by atoms with Gasteiger partial charge in [-0.3, -0.25) is 0 Å². The maximum Gasteiger partial charge on any atom is 0.337 e. The topological polar surface area (TPSA) is 64.3 Å². The van der Waals surface area contributed by atoms with Crippen molar-refractivity contribution in [3.63, 3.8) is 0 Å². The highest BCUT2D eigenvalue weighted by Gasteiger charge is 2.28. The number of carbonyl (C=O) groups excluding carboxylic acids is 1. The van der Waals surface area contributed by atoms with Crippen LogP contribution in [0.5, 0.6) is 0 Å². The number of methoxy groups -OCH3 is 1. The molecule has 0 saturated heterocycles. The van der Waals surface area contributed by atoms with E-state index in [0.717, 1.165) is 11.6 Å². The van der Waals surface area contributed by atoms with Crippen LogP contribution in [0, 0.1) is 5.92 Å². The lowest BCUT2D eigenvalue weighted by molar-refractivity contribution is 0.0601. The monoisotopic (exact) mass is 234 g/mol. The van der Waals surface area contributed by atoms with Gasteiger partial charge in [-0.1, -0.05) is 0 Å². The molecule has 0 heterocycles. The molecule has 1 atom stereocenters. The fourth-order valence-corrected chi connectivity index (χ4v) is 1.90. The van der Waals surface area contributed by atoms with Crippen molar-refractivity contribution in [1.29, 1.82) is 0 Å². The summed E-state index contributed by atoms with van der Waals surface area (Å²) >= 11 is 0. The fraction of sp³-hybridized carbons (Fsp3) is 0.462. The van der Waals surface area contributed by atoms with Crippen LogP contribution in [0.15, 0.2) is 18.2 Å². The molecule has 92 valence electrons. The zero-order valence-electron chi connectivity index (χ0n) is 10.2. The largest absolute Gasteiger partial charge is 0.465 e. The van der Waals surface area contributed by atoms with E-state index in [4.69, 9.17) is 5.73 Å². The first-order valence-electron chi connectivity index (χ1n) is 5.86. The van der Waals surface area contributed by atoms with Crippen molar-refractivity contribution in [2.75, 3.05) is 18.2 Å². The van der Waals surface area contributed by atoms with E-state index >= 15 is 0 Å². The maximum absolute atomic E-state index is 11.3. The second kappa shape index (κ2) is 4.65. The van der Waals surface area contributed by atoms with Gasteiger partial charge in [-0.15, -0.1) is 0 Å². The molecule has 1 aromatic carbocycles. The summed E-state index contributed by atoms with van der Waals surface area (Å²) in [5, 5.41) is 3.38. The highest BCUT2D eigenvalue weighted by atomic mass is 16.5. The van der Waals surface area contributed by atoms with Gasteiger partial charge in [0, 0.05) is 6.04 Å². The van der Waals surface area contributed by atoms with Crippen molar-refractivity contribution >= 4 is 17.3 Å². The molecule has 1 unspecified atom stereocenters. The summed E-state index contributed by atoms with van der Waals surface area (Å²) in [7, 11) is 1.36. The Labute approximate surface area is 101 Å². The first-order chi connectivity index (χ1) is 8.11. The van der Waals surface area contributed by atoms with Crippen molar-refractivity contribution in [2.45, 2.75) is 25.8 Å². The van der Waals surface area contributed by atoms with Gasteiger partial charge in [-0.25, -0.2) is 4.79 Å². The Morgan fingerprint density at radius 3 is 2.76 bits per heavy atom. The quantitative estimate of drug-likeness (QED) is 0.619. The molecule has 2 rings (SSSR count). The Bertz CT molecular complexity index is 427. The zero-order chi connectivity index (χ0) is 12.4. The van der Waals surface area contributed by atoms with E-state index in [-0.39, 0.29) is 5.97 Å². The van der Waals surface area contributed by atoms with Crippen molar-refractivity contribution in [1.82, 2.24) is 0 Å². The number of nitrogen functional groups attached to an aromatic ring is 1. The summed E-state index contributed by atoms with van der Waals surface area (Å²) in [6.07, 6.45) is 2.57. The molecule has 3 N–H and O–H groups in total. The smallest absolute Gasteiger partial charge is 0.337 e. The molecule has 0 amide bonds. The summed E-state index contributed by atoms with van der Waals surface area (Å²) in [5.74, 6) is 0.396. The second-order valence-electron chi connectivity index (χ2n) is 4.56. The van der Waals surface area contributed by atoms with Gasteiger partial charge in [0.15, 0.2) is 0 Å². The van der Waals surface area contributed by atoms with Crippen molar-refractivity contribution in [2.24, 2.45) is 5.92 Å².